The zero-order valence-corrected chi connectivity index (χ0v) is 17.4. The van der Waals surface area contributed by atoms with E-state index in [-0.39, 0.29) is 17.5 Å². The largest absolute Gasteiger partial charge is 0.335 e. The summed E-state index contributed by atoms with van der Waals surface area (Å²) in [5.74, 6) is 2.46. The monoisotopic (exact) mass is 399 g/mol. The van der Waals surface area contributed by atoms with E-state index < -0.39 is 0 Å². The smallest absolute Gasteiger partial charge is 0.237 e. The molecule has 0 aliphatic heterocycles. The number of hydrogen-bond donors (Lipinski definition) is 1. The normalized spacial score (nSPS) is 31.4. The van der Waals surface area contributed by atoms with E-state index in [9.17, 15) is 4.79 Å². The van der Waals surface area contributed by atoms with Crippen LogP contribution in [0.15, 0.2) is 24.3 Å². The highest BCUT2D eigenvalue weighted by atomic mass is 35.5. The molecule has 0 spiro atoms. The molecule has 0 unspecified atom stereocenters. The minimum Gasteiger partial charge on any atom is -0.335 e. The Bertz CT molecular complexity index is 736. The first-order chi connectivity index (χ1) is 13.5. The first-order valence-electron chi connectivity index (χ1n) is 10.7. The minimum atomic E-state index is -0.00199. The highest BCUT2D eigenvalue weighted by Crippen LogP contribution is 2.57. The first-order valence-corrected chi connectivity index (χ1v) is 11.0. The lowest BCUT2D eigenvalue weighted by atomic mass is 9.52. The zero-order valence-electron chi connectivity index (χ0n) is 16.7. The average molecular weight is 400 g/mol. The van der Waals surface area contributed by atoms with Gasteiger partial charge in [0.15, 0.2) is 0 Å². The van der Waals surface area contributed by atoms with Crippen LogP contribution in [0.1, 0.15) is 63.5 Å². The van der Waals surface area contributed by atoms with Gasteiger partial charge in [0.25, 0.3) is 0 Å². The molecule has 1 amide bonds. The van der Waals surface area contributed by atoms with Gasteiger partial charge in [0.05, 0.1) is 19.0 Å². The SMILES string of the molecule is C[C@@H](NCC(=O)N(CCC#N)C12CC3CC(CC(C3)C1)C2)c1ccccc1Cl. The molecule has 4 aliphatic carbocycles. The lowest BCUT2D eigenvalue weighted by molar-refractivity contribution is -0.149. The van der Waals surface area contributed by atoms with Gasteiger partial charge in [-0.15, -0.1) is 0 Å². The van der Waals surface area contributed by atoms with Crippen LogP contribution in [0.3, 0.4) is 0 Å². The van der Waals surface area contributed by atoms with Gasteiger partial charge < -0.3 is 10.2 Å². The summed E-state index contributed by atoms with van der Waals surface area (Å²) in [4.78, 5) is 15.4. The molecule has 0 saturated heterocycles. The number of carbonyl (C=O) groups excluding carboxylic acids is 1. The molecule has 0 heterocycles. The fourth-order valence-corrected chi connectivity index (χ4v) is 6.76. The number of benzene rings is 1. The van der Waals surface area contributed by atoms with E-state index in [0.717, 1.165) is 47.6 Å². The van der Waals surface area contributed by atoms with Crippen molar-refractivity contribution < 1.29 is 4.79 Å². The van der Waals surface area contributed by atoms with Crippen molar-refractivity contribution in [2.75, 3.05) is 13.1 Å². The number of halogens is 1. The number of nitriles is 1. The lowest BCUT2D eigenvalue weighted by Crippen LogP contribution is -2.62. The van der Waals surface area contributed by atoms with Crippen LogP contribution >= 0.6 is 11.6 Å². The number of carbonyl (C=O) groups is 1. The Labute approximate surface area is 173 Å². The summed E-state index contributed by atoms with van der Waals surface area (Å²) in [7, 11) is 0. The Morgan fingerprint density at radius 3 is 2.43 bits per heavy atom. The van der Waals surface area contributed by atoms with Crippen molar-refractivity contribution in [3.8, 4) is 6.07 Å². The van der Waals surface area contributed by atoms with Crippen LogP contribution in [0.25, 0.3) is 0 Å². The summed E-state index contributed by atoms with van der Waals surface area (Å²) >= 11 is 6.30. The third-order valence-electron chi connectivity index (χ3n) is 7.26. The lowest BCUT2D eigenvalue weighted by Gasteiger charge is -2.60. The highest BCUT2D eigenvalue weighted by molar-refractivity contribution is 6.31. The van der Waals surface area contributed by atoms with E-state index in [1.54, 1.807) is 0 Å². The van der Waals surface area contributed by atoms with Crippen molar-refractivity contribution in [1.29, 1.82) is 5.26 Å². The third-order valence-corrected chi connectivity index (χ3v) is 7.60. The molecule has 4 nitrogen and oxygen atoms in total. The minimum absolute atomic E-state index is 0.00199. The molecule has 4 bridgehead atoms. The maximum absolute atomic E-state index is 13.3. The summed E-state index contributed by atoms with van der Waals surface area (Å²) in [5, 5.41) is 13.2. The Morgan fingerprint density at radius 2 is 1.86 bits per heavy atom. The van der Waals surface area contributed by atoms with Gasteiger partial charge in [-0.25, -0.2) is 0 Å². The Morgan fingerprint density at radius 1 is 1.25 bits per heavy atom. The van der Waals surface area contributed by atoms with Crippen molar-refractivity contribution in [2.45, 2.75) is 63.5 Å². The van der Waals surface area contributed by atoms with Crippen molar-refractivity contribution >= 4 is 17.5 Å². The predicted molar refractivity (Wildman–Crippen MR) is 111 cm³/mol. The fourth-order valence-electron chi connectivity index (χ4n) is 6.46. The Kier molecular flexibility index (Phi) is 5.67. The quantitative estimate of drug-likeness (QED) is 0.722. The van der Waals surface area contributed by atoms with Crippen LogP contribution < -0.4 is 5.32 Å². The number of rotatable bonds is 7. The highest BCUT2D eigenvalue weighted by Gasteiger charge is 2.54. The van der Waals surface area contributed by atoms with Gasteiger partial charge in [0.2, 0.25) is 5.91 Å². The van der Waals surface area contributed by atoms with Gasteiger partial charge in [-0.05, 0) is 74.8 Å². The van der Waals surface area contributed by atoms with Crippen molar-refractivity contribution in [2.24, 2.45) is 17.8 Å². The van der Waals surface area contributed by atoms with Gasteiger partial charge in [0, 0.05) is 23.1 Å². The standard InChI is InChI=1S/C23H30ClN3O/c1-16(20-5-2-3-6-21(20)24)26-15-22(28)27(8-4-7-25)23-12-17-9-18(13-23)11-19(10-17)14-23/h2-3,5-6,16-19,26H,4,8-15H2,1H3/t16-,17?,18?,19?,23?/m1/s1. The second-order valence-electron chi connectivity index (χ2n) is 9.22. The van der Waals surface area contributed by atoms with Crippen molar-refractivity contribution in [3.05, 3.63) is 34.9 Å². The molecule has 4 aliphatic rings. The van der Waals surface area contributed by atoms with Crippen LogP contribution in [0.5, 0.6) is 0 Å². The molecule has 0 aromatic heterocycles. The number of amides is 1. The van der Waals surface area contributed by atoms with Gasteiger partial charge in [-0.1, -0.05) is 29.8 Å². The molecular weight excluding hydrogens is 370 g/mol. The van der Waals surface area contributed by atoms with Crippen LogP contribution in [-0.2, 0) is 4.79 Å². The summed E-state index contributed by atoms with van der Waals surface area (Å²) in [6.07, 6.45) is 7.86. The van der Waals surface area contributed by atoms with Crippen LogP contribution in [-0.4, -0.2) is 29.4 Å². The molecular formula is C23H30ClN3O. The molecule has 4 fully saturated rings. The summed E-state index contributed by atoms with van der Waals surface area (Å²) in [6.45, 7) is 2.89. The van der Waals surface area contributed by atoms with Crippen molar-refractivity contribution in [1.82, 2.24) is 10.2 Å². The van der Waals surface area contributed by atoms with Gasteiger partial charge in [0.1, 0.15) is 0 Å². The van der Waals surface area contributed by atoms with Gasteiger partial charge in [-0.2, -0.15) is 5.26 Å². The van der Waals surface area contributed by atoms with Crippen LogP contribution in [0.2, 0.25) is 5.02 Å². The fraction of sp³-hybridized carbons (Fsp3) is 0.652. The molecule has 4 saturated carbocycles. The third kappa shape index (κ3) is 3.80. The van der Waals surface area contributed by atoms with E-state index in [0.29, 0.717) is 19.5 Å². The van der Waals surface area contributed by atoms with E-state index in [4.69, 9.17) is 16.9 Å². The summed E-state index contributed by atoms with van der Waals surface area (Å²) in [5.41, 5.74) is 1.01. The van der Waals surface area contributed by atoms with Crippen LogP contribution in [0, 0.1) is 29.1 Å². The van der Waals surface area contributed by atoms with Crippen LogP contribution in [0.4, 0.5) is 0 Å². The molecule has 150 valence electrons. The average Bonchev–Trinajstić information content (AvgIpc) is 2.65. The second-order valence-corrected chi connectivity index (χ2v) is 9.63. The molecule has 5 heteroatoms. The molecule has 28 heavy (non-hydrogen) atoms. The molecule has 0 radical (unpaired) electrons. The molecule has 1 aromatic carbocycles. The maximum atomic E-state index is 13.3. The van der Waals surface area contributed by atoms with E-state index >= 15 is 0 Å². The first kappa shape index (κ1) is 19.7. The van der Waals surface area contributed by atoms with Gasteiger partial charge in [-0.3, -0.25) is 4.79 Å². The second kappa shape index (κ2) is 8.05. The molecule has 5 rings (SSSR count). The number of nitrogens with zero attached hydrogens (tertiary/aromatic N) is 2. The summed E-state index contributed by atoms with van der Waals surface area (Å²) in [6, 6.07) is 10.0. The summed E-state index contributed by atoms with van der Waals surface area (Å²) < 4.78 is 0. The molecule has 1 atom stereocenters. The zero-order chi connectivity index (χ0) is 19.7. The predicted octanol–water partition coefficient (Wildman–Crippen LogP) is 4.70. The number of hydrogen-bond acceptors (Lipinski definition) is 3. The Balaban J connectivity index is 1.46. The van der Waals surface area contributed by atoms with E-state index in [2.05, 4.69) is 16.3 Å². The van der Waals surface area contributed by atoms with E-state index in [1.165, 1.54) is 19.3 Å². The maximum Gasteiger partial charge on any atom is 0.237 e. The molecule has 1 aromatic rings. The Hall–Kier alpha value is -1.57. The van der Waals surface area contributed by atoms with Gasteiger partial charge >= 0.3 is 0 Å². The topological polar surface area (TPSA) is 56.1 Å². The number of nitrogens with one attached hydrogen (secondary N) is 1. The molecule has 1 N–H and O–H groups in total. The van der Waals surface area contributed by atoms with E-state index in [1.807, 2.05) is 31.2 Å². The van der Waals surface area contributed by atoms with Crippen molar-refractivity contribution in [3.63, 3.8) is 0 Å².